The molecule has 0 aliphatic heterocycles. The third-order valence-corrected chi connectivity index (χ3v) is 2.57. The monoisotopic (exact) mass is 648 g/mol. The van der Waals surface area contributed by atoms with E-state index in [-0.39, 0.29) is 97.8 Å². The predicted octanol–water partition coefficient (Wildman–Crippen LogP) is -5.11. The molecule has 0 aromatic carbocycles. The summed E-state index contributed by atoms with van der Waals surface area (Å²) in [6.07, 6.45) is 1.91. The van der Waals surface area contributed by atoms with E-state index in [2.05, 4.69) is 9.98 Å². The largest absolute Gasteiger partial charge is 2.00 e. The van der Waals surface area contributed by atoms with Crippen molar-refractivity contribution >= 4 is 115 Å². The minimum absolute atomic E-state index is 0. The third-order valence-electron chi connectivity index (χ3n) is 2.57. The summed E-state index contributed by atoms with van der Waals surface area (Å²) in [5.41, 5.74) is 30.6. The molecule has 0 saturated heterocycles. The van der Waals surface area contributed by atoms with Crippen molar-refractivity contribution in [3.05, 3.63) is 0 Å². The van der Waals surface area contributed by atoms with Gasteiger partial charge in [0.15, 0.2) is 11.9 Å². The zero-order valence-corrected chi connectivity index (χ0v) is 25.9. The molecule has 0 aromatic heterocycles. The van der Waals surface area contributed by atoms with E-state index in [9.17, 15) is 9.59 Å². The minimum Gasteiger partial charge on any atom is -1.00 e. The maximum Gasteiger partial charge on any atom is 2.00 e. The van der Waals surface area contributed by atoms with Gasteiger partial charge in [0.25, 0.3) is 0 Å². The minimum atomic E-state index is -4.64. The predicted molar refractivity (Wildman–Crippen MR) is 138 cm³/mol. The molecule has 37 heavy (non-hydrogen) atoms. The summed E-state index contributed by atoms with van der Waals surface area (Å²) in [5.74, 6) is -1.97. The molecule has 0 fully saturated rings. The Labute approximate surface area is 276 Å². The summed E-state index contributed by atoms with van der Waals surface area (Å²) in [6, 6.07) is -1.64. The van der Waals surface area contributed by atoms with Crippen LogP contribution in [-0.4, -0.2) is 164 Å². The van der Waals surface area contributed by atoms with Gasteiger partial charge in [-0.05, 0) is 25.7 Å². The Hall–Kier alpha value is 0.0695. The van der Waals surface area contributed by atoms with Crippen LogP contribution in [0, 0.1) is 0 Å². The van der Waals surface area contributed by atoms with Crippen LogP contribution >= 0.6 is 15.6 Å². The Morgan fingerprint density at radius 2 is 0.865 bits per heavy atom. The molecule has 2 atom stereocenters. The fourth-order valence-corrected chi connectivity index (χ4v) is 1.29. The van der Waals surface area contributed by atoms with Gasteiger partial charge in [0.1, 0.15) is 12.1 Å². The quantitative estimate of drug-likeness (QED) is 0.0346. The van der Waals surface area contributed by atoms with Gasteiger partial charge in [0, 0.05) is 13.1 Å². The van der Waals surface area contributed by atoms with Gasteiger partial charge in [-0.25, -0.2) is 9.13 Å². The molecular formula is C12H39Ca2FN8O12P2. The van der Waals surface area contributed by atoms with Gasteiger partial charge >= 0.3 is 103 Å². The van der Waals surface area contributed by atoms with Crippen molar-refractivity contribution in [1.29, 1.82) is 0 Å². The Bertz CT molecular complexity index is 678. The molecule has 220 valence electrons. The van der Waals surface area contributed by atoms with Gasteiger partial charge in [0.2, 0.25) is 0 Å². The number of hydrogen-bond acceptors (Lipinski definition) is 8. The summed E-state index contributed by atoms with van der Waals surface area (Å²) in [7, 11) is -9.28. The van der Waals surface area contributed by atoms with Crippen LogP contribution in [0.4, 0.5) is 4.70 Å². The van der Waals surface area contributed by atoms with Gasteiger partial charge in [-0.2, -0.15) is 0 Å². The van der Waals surface area contributed by atoms with Crippen LogP contribution in [0.2, 0.25) is 0 Å². The number of phosphoric acid groups is 2. The van der Waals surface area contributed by atoms with Crippen LogP contribution in [0.3, 0.4) is 0 Å². The van der Waals surface area contributed by atoms with Crippen molar-refractivity contribution in [3.63, 3.8) is 0 Å². The normalized spacial score (nSPS) is 11.0. The van der Waals surface area contributed by atoms with Crippen molar-refractivity contribution in [2.75, 3.05) is 13.1 Å². The molecule has 0 bridgehead atoms. The molecule has 20 N–H and O–H groups in total. The second kappa shape index (κ2) is 30.6. The Morgan fingerprint density at radius 1 is 0.676 bits per heavy atom. The SMILES string of the molecule is F.NC(N)=NCCC[C@H](N)C(=O)O.NC(N)=NCCC[C@H](N)C(=O)O.O=P(O)(O)O.O=P(O)(O)O.[Ca+2].[Ca+2].[H-].[H-].[H-].[H-]. The van der Waals surface area contributed by atoms with Gasteiger partial charge in [0.05, 0.1) is 0 Å². The molecule has 0 heterocycles. The fraction of sp³-hybridized carbons (Fsp3) is 0.667. The van der Waals surface area contributed by atoms with E-state index in [4.69, 9.17) is 83.1 Å². The number of rotatable bonds is 10. The number of nitrogens with zero attached hydrogens (tertiary/aromatic N) is 2. The second-order valence-corrected chi connectivity index (χ2v) is 7.87. The van der Waals surface area contributed by atoms with E-state index >= 15 is 0 Å². The van der Waals surface area contributed by atoms with Crippen LogP contribution in [0.15, 0.2) is 9.98 Å². The van der Waals surface area contributed by atoms with E-state index < -0.39 is 39.7 Å². The van der Waals surface area contributed by atoms with Crippen molar-refractivity contribution in [2.24, 2.45) is 44.4 Å². The number of carboxylic acids is 2. The number of aliphatic carboxylic acids is 2. The zero-order valence-electron chi connectivity index (χ0n) is 23.7. The molecule has 0 radical (unpaired) electrons. The topological polar surface area (TPSA) is 411 Å². The molecule has 0 aromatic rings. The van der Waals surface area contributed by atoms with Crippen molar-refractivity contribution in [3.8, 4) is 0 Å². The Morgan fingerprint density at radius 3 is 1.00 bits per heavy atom. The van der Waals surface area contributed by atoms with Crippen LogP contribution < -0.4 is 34.4 Å². The van der Waals surface area contributed by atoms with Crippen molar-refractivity contribution in [1.82, 2.24) is 0 Å². The third kappa shape index (κ3) is 86.0. The molecule has 0 aliphatic rings. The molecular weight excluding hydrogens is 609 g/mol. The number of carboxylic acid groups (broad SMARTS) is 2. The zero-order chi connectivity index (χ0) is 28.1. The first-order chi connectivity index (χ1) is 15.1. The van der Waals surface area contributed by atoms with Crippen LogP contribution in [0.1, 0.15) is 31.4 Å². The summed E-state index contributed by atoms with van der Waals surface area (Å²) < 4.78 is 17.8. The maximum atomic E-state index is 10.2. The van der Waals surface area contributed by atoms with Crippen molar-refractivity contribution < 1.29 is 68.7 Å². The Balaban J connectivity index is -0.0000000327. The summed E-state index contributed by atoms with van der Waals surface area (Å²) in [5, 5.41) is 16.8. The first-order valence-corrected chi connectivity index (χ1v) is 11.8. The molecule has 0 aliphatic carbocycles. The number of carbonyl (C=O) groups is 2. The van der Waals surface area contributed by atoms with E-state index in [0.29, 0.717) is 38.8 Å². The smallest absolute Gasteiger partial charge is 1.00 e. The molecule has 25 heteroatoms. The fourth-order valence-electron chi connectivity index (χ4n) is 1.29. The van der Waals surface area contributed by atoms with Crippen LogP contribution in [0.5, 0.6) is 0 Å². The van der Waals surface area contributed by atoms with E-state index in [1.165, 1.54) is 0 Å². The number of nitrogens with two attached hydrogens (primary N) is 6. The van der Waals surface area contributed by atoms with Crippen molar-refractivity contribution in [2.45, 2.75) is 37.8 Å². The second-order valence-electron chi connectivity index (χ2n) is 5.81. The number of guanidine groups is 2. The first kappa shape index (κ1) is 53.3. The maximum absolute atomic E-state index is 10.2. The van der Waals surface area contributed by atoms with Gasteiger partial charge in [-0.15, -0.1) is 0 Å². The first-order valence-electron chi connectivity index (χ1n) is 8.72. The summed E-state index contributed by atoms with van der Waals surface area (Å²) in [6.45, 7) is 0.840. The number of hydrogen-bond donors (Lipinski definition) is 14. The van der Waals surface area contributed by atoms with Gasteiger partial charge < -0.3 is 79.7 Å². The molecule has 20 nitrogen and oxygen atoms in total. The molecule has 0 saturated carbocycles. The number of halogens is 1. The van der Waals surface area contributed by atoms with E-state index in [0.717, 1.165) is 0 Å². The molecule has 0 rings (SSSR count). The Kier molecular flexibility index (Phi) is 44.1. The van der Waals surface area contributed by atoms with Gasteiger partial charge in [-0.3, -0.25) is 24.3 Å². The van der Waals surface area contributed by atoms with Gasteiger partial charge in [-0.1, -0.05) is 0 Å². The molecule has 0 amide bonds. The van der Waals surface area contributed by atoms with E-state index in [1.807, 2.05) is 0 Å². The summed E-state index contributed by atoms with van der Waals surface area (Å²) in [4.78, 5) is 70.9. The number of aliphatic imine (C=N–C) groups is 2. The average molecular weight is 649 g/mol. The summed E-state index contributed by atoms with van der Waals surface area (Å²) >= 11 is 0. The standard InChI is InChI=1S/2C6H14N4O2.2Ca.FH.2H3O4P.4H/c2*7-4(5(11)12)2-1-3-10-6(8)9;;;;2*1-5(2,3)4;;;;/h2*4H,1-3,7H2,(H,11,12)(H4,8,9,10);;;1H;2*(H3,1,2,3,4);;;;/q;;2*+2;;;;4*-1/t2*4-;;;;;;;;;/m00........./s1. The average Bonchev–Trinajstić information content (AvgIpc) is 2.59. The van der Waals surface area contributed by atoms with E-state index in [1.54, 1.807) is 0 Å². The molecule has 0 spiro atoms. The molecule has 0 unspecified atom stereocenters. The van der Waals surface area contributed by atoms with Crippen LogP contribution in [-0.2, 0) is 18.7 Å². The van der Waals surface area contributed by atoms with Crippen LogP contribution in [0.25, 0.3) is 0 Å².